The summed E-state index contributed by atoms with van der Waals surface area (Å²) in [6.45, 7) is 2.30. The number of carbonyl (C=O) groups excluding carboxylic acids is 3. The Morgan fingerprint density at radius 3 is 2.54 bits per heavy atom. The van der Waals surface area contributed by atoms with Crippen LogP contribution < -0.4 is 31.4 Å². The molecule has 5 N–H and O–H groups in total. The van der Waals surface area contributed by atoms with E-state index in [-0.39, 0.29) is 5.56 Å². The number of hydrogen-bond acceptors (Lipinski definition) is 6. The summed E-state index contributed by atoms with van der Waals surface area (Å²) in [5.41, 5.74) is 9.92. The number of rotatable bonds is 9. The summed E-state index contributed by atoms with van der Waals surface area (Å²) in [6.07, 6.45) is 2.25. The van der Waals surface area contributed by atoms with E-state index in [0.29, 0.717) is 30.3 Å². The van der Waals surface area contributed by atoms with Crippen molar-refractivity contribution in [1.29, 1.82) is 0 Å². The van der Waals surface area contributed by atoms with E-state index in [2.05, 4.69) is 16.2 Å². The zero-order chi connectivity index (χ0) is 19.5. The molecule has 0 heterocycles. The zero-order valence-corrected chi connectivity index (χ0v) is 15.8. The van der Waals surface area contributed by atoms with Gasteiger partial charge in [-0.15, -0.1) is 0 Å². The Kier molecular flexibility index (Phi) is 9.13. The molecule has 0 aliphatic heterocycles. The fourth-order valence-corrected chi connectivity index (χ4v) is 2.51. The molecule has 0 aliphatic carbocycles. The second kappa shape index (κ2) is 11.1. The Morgan fingerprint density at radius 2 is 1.96 bits per heavy atom. The average Bonchev–Trinajstić information content (AvgIpc) is 2.63. The number of thioether (sulfide) groups is 1. The van der Waals surface area contributed by atoms with Gasteiger partial charge in [0, 0.05) is 5.56 Å². The maximum atomic E-state index is 12.2. The van der Waals surface area contributed by atoms with Crippen molar-refractivity contribution in [2.45, 2.75) is 19.4 Å². The quantitative estimate of drug-likeness (QED) is 0.462. The summed E-state index contributed by atoms with van der Waals surface area (Å²) in [7, 11) is 1.47. The molecule has 0 unspecified atom stereocenters. The normalized spacial score (nSPS) is 11.2. The number of primary amides is 1. The Labute approximate surface area is 156 Å². The van der Waals surface area contributed by atoms with Crippen molar-refractivity contribution < 1.29 is 23.9 Å². The zero-order valence-electron chi connectivity index (χ0n) is 15.0. The van der Waals surface area contributed by atoms with Crippen LogP contribution in [-0.2, 0) is 4.79 Å². The fraction of sp³-hybridized carbons (Fsp3) is 0.438. The lowest BCUT2D eigenvalue weighted by atomic mass is 10.2. The Hall–Kier alpha value is -2.62. The first-order chi connectivity index (χ1) is 12.4. The van der Waals surface area contributed by atoms with Crippen LogP contribution in [0.5, 0.6) is 11.5 Å². The van der Waals surface area contributed by atoms with Gasteiger partial charge in [0.2, 0.25) is 0 Å². The summed E-state index contributed by atoms with van der Waals surface area (Å²) in [5.74, 6) is 0.450. The summed E-state index contributed by atoms with van der Waals surface area (Å²) >= 11 is 1.52. The standard InChI is InChI=1S/C16H24N4O5S/c1-4-25-12-6-5-10(9-13(12)24-2)14(21)19-20-15(22)11(7-8-26-3)18-16(17)23/h5-6,9,11H,4,7-8H2,1-3H3,(H,19,21)(H,20,22)(H3,17,18,23)/t11-/m1/s1. The van der Waals surface area contributed by atoms with Gasteiger partial charge in [0.25, 0.3) is 11.8 Å². The minimum absolute atomic E-state index is 0.272. The summed E-state index contributed by atoms with van der Waals surface area (Å²) in [5, 5.41) is 2.34. The van der Waals surface area contributed by atoms with Crippen LogP contribution in [0.15, 0.2) is 18.2 Å². The van der Waals surface area contributed by atoms with Gasteiger partial charge in [-0.05, 0) is 43.6 Å². The molecular weight excluding hydrogens is 360 g/mol. The molecule has 1 aromatic rings. The fourth-order valence-electron chi connectivity index (χ4n) is 2.04. The van der Waals surface area contributed by atoms with Gasteiger partial charge in [0.1, 0.15) is 6.04 Å². The smallest absolute Gasteiger partial charge is 0.312 e. The molecule has 0 radical (unpaired) electrons. The summed E-state index contributed by atoms with van der Waals surface area (Å²) < 4.78 is 10.6. The van der Waals surface area contributed by atoms with E-state index in [4.69, 9.17) is 15.2 Å². The summed E-state index contributed by atoms with van der Waals surface area (Å²) in [4.78, 5) is 35.3. The van der Waals surface area contributed by atoms with E-state index in [0.717, 1.165) is 0 Å². The Morgan fingerprint density at radius 1 is 1.23 bits per heavy atom. The van der Waals surface area contributed by atoms with Gasteiger partial charge in [0.15, 0.2) is 11.5 Å². The first-order valence-electron chi connectivity index (χ1n) is 7.88. The van der Waals surface area contributed by atoms with Crippen molar-refractivity contribution in [3.05, 3.63) is 23.8 Å². The third kappa shape index (κ3) is 6.71. The van der Waals surface area contributed by atoms with Crippen molar-refractivity contribution >= 4 is 29.6 Å². The summed E-state index contributed by atoms with van der Waals surface area (Å²) in [6, 6.07) is 3.00. The molecule has 0 fully saturated rings. The number of nitrogens with two attached hydrogens (primary N) is 1. The maximum Gasteiger partial charge on any atom is 0.312 e. The van der Waals surface area contributed by atoms with Crippen LogP contribution in [0.2, 0.25) is 0 Å². The number of hydrogen-bond donors (Lipinski definition) is 4. The minimum Gasteiger partial charge on any atom is -0.493 e. The third-order valence-electron chi connectivity index (χ3n) is 3.27. The van der Waals surface area contributed by atoms with E-state index in [9.17, 15) is 14.4 Å². The lowest BCUT2D eigenvalue weighted by molar-refractivity contribution is -0.123. The van der Waals surface area contributed by atoms with E-state index >= 15 is 0 Å². The van der Waals surface area contributed by atoms with Crippen LogP contribution >= 0.6 is 11.8 Å². The van der Waals surface area contributed by atoms with Gasteiger partial charge >= 0.3 is 6.03 Å². The molecule has 4 amide bonds. The molecule has 1 atom stereocenters. The van der Waals surface area contributed by atoms with Gasteiger partial charge in [0.05, 0.1) is 13.7 Å². The molecule has 9 nitrogen and oxygen atoms in total. The monoisotopic (exact) mass is 384 g/mol. The molecule has 0 aromatic heterocycles. The number of amides is 4. The van der Waals surface area contributed by atoms with Gasteiger partial charge in [-0.2, -0.15) is 11.8 Å². The van der Waals surface area contributed by atoms with Crippen LogP contribution in [0.3, 0.4) is 0 Å². The molecular formula is C16H24N4O5S. The molecule has 10 heteroatoms. The van der Waals surface area contributed by atoms with Crippen molar-refractivity contribution in [1.82, 2.24) is 16.2 Å². The second-order valence-corrected chi connectivity index (χ2v) is 6.07. The van der Waals surface area contributed by atoms with E-state index < -0.39 is 23.9 Å². The van der Waals surface area contributed by atoms with E-state index in [1.807, 2.05) is 13.2 Å². The minimum atomic E-state index is -0.838. The maximum absolute atomic E-state index is 12.2. The molecule has 0 aliphatic rings. The predicted octanol–water partition coefficient (Wildman–Crippen LogP) is 0.645. The van der Waals surface area contributed by atoms with Crippen molar-refractivity contribution in [2.24, 2.45) is 5.73 Å². The highest BCUT2D eigenvalue weighted by Crippen LogP contribution is 2.27. The Bertz CT molecular complexity index is 641. The molecule has 0 saturated heterocycles. The molecule has 0 saturated carbocycles. The molecule has 1 rings (SSSR count). The van der Waals surface area contributed by atoms with Crippen LogP contribution in [0.1, 0.15) is 23.7 Å². The van der Waals surface area contributed by atoms with Gasteiger partial charge in [-0.25, -0.2) is 4.79 Å². The number of ether oxygens (including phenoxy) is 2. The highest BCUT2D eigenvalue weighted by molar-refractivity contribution is 7.98. The Balaban J connectivity index is 2.71. The molecule has 1 aromatic carbocycles. The number of nitrogens with one attached hydrogen (secondary N) is 3. The van der Waals surface area contributed by atoms with Crippen LogP contribution in [0.4, 0.5) is 4.79 Å². The SMILES string of the molecule is CCOc1ccc(C(=O)NNC(=O)[C@@H](CCSC)NC(N)=O)cc1OC. The van der Waals surface area contributed by atoms with Crippen LogP contribution in [0.25, 0.3) is 0 Å². The van der Waals surface area contributed by atoms with Crippen LogP contribution in [-0.4, -0.2) is 49.6 Å². The topological polar surface area (TPSA) is 132 Å². The predicted molar refractivity (Wildman–Crippen MR) is 99.3 cm³/mol. The molecule has 0 spiro atoms. The molecule has 0 bridgehead atoms. The molecule has 144 valence electrons. The number of urea groups is 1. The van der Waals surface area contributed by atoms with Crippen molar-refractivity contribution in [2.75, 3.05) is 25.7 Å². The van der Waals surface area contributed by atoms with Crippen molar-refractivity contribution in [3.63, 3.8) is 0 Å². The largest absolute Gasteiger partial charge is 0.493 e. The van der Waals surface area contributed by atoms with Crippen LogP contribution in [0, 0.1) is 0 Å². The van der Waals surface area contributed by atoms with Gasteiger partial charge in [-0.1, -0.05) is 0 Å². The van der Waals surface area contributed by atoms with Gasteiger partial charge < -0.3 is 20.5 Å². The highest BCUT2D eigenvalue weighted by Gasteiger charge is 2.20. The highest BCUT2D eigenvalue weighted by atomic mass is 32.2. The first-order valence-corrected chi connectivity index (χ1v) is 9.28. The number of hydrazine groups is 1. The number of carbonyl (C=O) groups is 3. The lowest BCUT2D eigenvalue weighted by Gasteiger charge is -2.17. The molecule has 26 heavy (non-hydrogen) atoms. The van der Waals surface area contributed by atoms with E-state index in [1.54, 1.807) is 12.1 Å². The average molecular weight is 384 g/mol. The number of methoxy groups -OCH3 is 1. The van der Waals surface area contributed by atoms with E-state index in [1.165, 1.54) is 24.9 Å². The van der Waals surface area contributed by atoms with Crippen molar-refractivity contribution in [3.8, 4) is 11.5 Å². The second-order valence-electron chi connectivity index (χ2n) is 5.08. The van der Waals surface area contributed by atoms with Gasteiger partial charge in [-0.3, -0.25) is 20.4 Å². The number of benzene rings is 1. The third-order valence-corrected chi connectivity index (χ3v) is 3.91. The first kappa shape index (κ1) is 21.4. The lowest BCUT2D eigenvalue weighted by Crippen LogP contribution is -2.53.